The highest BCUT2D eigenvalue weighted by atomic mass is 17.3. The fourth-order valence-electron chi connectivity index (χ4n) is 3.80. The van der Waals surface area contributed by atoms with Crippen molar-refractivity contribution in [3.8, 4) is 30.1 Å². The number of non-ortho nitro benzene ring substituents is 1. The number of primary amides is 1. The lowest BCUT2D eigenvalue weighted by molar-refractivity contribution is -0.384. The lowest BCUT2D eigenvalue weighted by atomic mass is 10.0. The normalized spacial score (nSPS) is 19.3. The first-order valence-electron chi connectivity index (χ1n) is 12.8. The van der Waals surface area contributed by atoms with Crippen LogP contribution in [0.2, 0.25) is 0 Å². The van der Waals surface area contributed by atoms with Crippen molar-refractivity contribution in [1.29, 1.82) is 0 Å². The molecule has 6 N–H and O–H groups in total. The third kappa shape index (κ3) is 10.7. The molecule has 0 aliphatic carbocycles. The van der Waals surface area contributed by atoms with Crippen LogP contribution in [0.1, 0.15) is 55.8 Å². The maximum Gasteiger partial charge on any atom is 0.270 e. The number of benzene rings is 1. The van der Waals surface area contributed by atoms with E-state index in [2.05, 4.69) is 43.3 Å². The van der Waals surface area contributed by atoms with Gasteiger partial charge in [0.05, 0.1) is 17.1 Å². The van der Waals surface area contributed by atoms with E-state index in [1.165, 1.54) is 6.07 Å². The number of amides is 4. The summed E-state index contributed by atoms with van der Waals surface area (Å²) in [5.74, 6) is 1.32. The topological polar surface area (TPSA) is 213 Å². The number of hydrogen-bond acceptors (Lipinski definition) is 10. The van der Waals surface area contributed by atoms with E-state index in [9.17, 15) is 29.3 Å². The molecule has 1 aliphatic heterocycles. The second kappa shape index (κ2) is 17.0. The monoisotopic (exact) mass is 572 g/mol. The molecule has 1 aromatic rings. The van der Waals surface area contributed by atoms with E-state index < -0.39 is 46.7 Å². The van der Waals surface area contributed by atoms with Gasteiger partial charge in [-0.1, -0.05) is 18.3 Å². The summed E-state index contributed by atoms with van der Waals surface area (Å²) in [4.78, 5) is 71.3. The zero-order chi connectivity index (χ0) is 30.2. The standard InChI is InChI=1S/C26H32N6O9/c1-3-5-14-40-41-28-13-7-6-9-21-26(36)29-19(23(27)33)12-15-39-22-11-10-17(32(37)38)16-18(22)24(34)30-20(8-4-2)25(35)31-21/h1,10-11,16,19-21,28H,4,6-9,12-13,15H2,2H3,(H2,27,33)(H,29,36)(H,30,34)(H,31,35)/t19?,20-,21?/m1/s1. The van der Waals surface area contributed by atoms with Gasteiger partial charge >= 0.3 is 0 Å². The number of nitrogens with one attached hydrogen (secondary N) is 4. The van der Waals surface area contributed by atoms with Crippen LogP contribution < -0.4 is 31.9 Å². The summed E-state index contributed by atoms with van der Waals surface area (Å²) in [6.45, 7) is 1.95. The first-order valence-corrected chi connectivity index (χ1v) is 12.8. The first kappa shape index (κ1) is 32.4. The van der Waals surface area contributed by atoms with E-state index in [1.54, 1.807) is 6.92 Å². The zero-order valence-corrected chi connectivity index (χ0v) is 22.4. The van der Waals surface area contributed by atoms with Crippen molar-refractivity contribution < 1.29 is 38.7 Å². The number of unbranched alkanes of at least 4 members (excludes halogenated alkanes) is 1. The van der Waals surface area contributed by atoms with Gasteiger partial charge in [0.2, 0.25) is 17.7 Å². The average Bonchev–Trinajstić information content (AvgIpc) is 2.94. The second-order valence-corrected chi connectivity index (χ2v) is 8.84. The van der Waals surface area contributed by atoms with Crippen molar-refractivity contribution in [3.05, 3.63) is 33.9 Å². The number of nitro benzene ring substituents is 1. The Morgan fingerprint density at radius 3 is 2.61 bits per heavy atom. The minimum absolute atomic E-state index is 0.000630. The summed E-state index contributed by atoms with van der Waals surface area (Å²) >= 11 is 0. The number of hydroxylamine groups is 1. The minimum atomic E-state index is -1.15. The highest BCUT2D eigenvalue weighted by Crippen LogP contribution is 2.25. The maximum atomic E-state index is 13.2. The molecule has 0 aromatic heterocycles. The van der Waals surface area contributed by atoms with E-state index >= 15 is 0 Å². The van der Waals surface area contributed by atoms with Crippen LogP contribution in [0.3, 0.4) is 0 Å². The Bertz CT molecular complexity index is 1220. The molecule has 0 fully saturated rings. The zero-order valence-electron chi connectivity index (χ0n) is 22.4. The van der Waals surface area contributed by atoms with Crippen molar-refractivity contribution in [2.75, 3.05) is 13.2 Å². The average molecular weight is 573 g/mol. The largest absolute Gasteiger partial charge is 0.493 e. The lowest BCUT2D eigenvalue weighted by Crippen LogP contribution is -2.56. The molecule has 2 unspecified atom stereocenters. The van der Waals surface area contributed by atoms with Gasteiger partial charge in [-0.05, 0) is 37.7 Å². The second-order valence-electron chi connectivity index (χ2n) is 8.84. The SMILES string of the molecule is C#CC#COONCCCCC1NC(=O)[C@@H](CCC)NC(=O)c2cc([N+](=O)[O-])ccc2OCCC(C(N)=O)NC1=O. The predicted octanol–water partition coefficient (Wildman–Crippen LogP) is -0.0521. The number of rotatable bonds is 11. The molecule has 4 amide bonds. The fourth-order valence-corrected chi connectivity index (χ4v) is 3.80. The maximum absolute atomic E-state index is 13.2. The van der Waals surface area contributed by atoms with Crippen LogP contribution in [0.5, 0.6) is 5.75 Å². The van der Waals surface area contributed by atoms with Crippen LogP contribution in [0.4, 0.5) is 5.69 Å². The smallest absolute Gasteiger partial charge is 0.270 e. The van der Waals surface area contributed by atoms with E-state index in [0.29, 0.717) is 25.8 Å². The number of nitrogens with two attached hydrogens (primary N) is 1. The molecule has 1 heterocycles. The summed E-state index contributed by atoms with van der Waals surface area (Å²) in [5.41, 5.74) is 7.46. The Balaban J connectivity index is 2.24. The molecule has 0 spiro atoms. The number of terminal acetylenes is 1. The molecule has 41 heavy (non-hydrogen) atoms. The van der Waals surface area contributed by atoms with Gasteiger partial charge in [-0.25, -0.2) is 0 Å². The van der Waals surface area contributed by atoms with Crippen LogP contribution in [0.15, 0.2) is 18.2 Å². The molecule has 15 nitrogen and oxygen atoms in total. The van der Waals surface area contributed by atoms with Crippen molar-refractivity contribution in [2.24, 2.45) is 5.73 Å². The van der Waals surface area contributed by atoms with Crippen molar-refractivity contribution in [3.63, 3.8) is 0 Å². The number of carbonyl (C=O) groups excluding carboxylic acids is 4. The summed E-state index contributed by atoms with van der Waals surface area (Å²) in [6, 6.07) is 0.155. The molecular formula is C26H32N6O9. The predicted molar refractivity (Wildman–Crippen MR) is 143 cm³/mol. The van der Waals surface area contributed by atoms with Crippen molar-refractivity contribution >= 4 is 29.3 Å². The van der Waals surface area contributed by atoms with E-state index in [4.69, 9.17) is 16.9 Å². The van der Waals surface area contributed by atoms with E-state index in [0.717, 1.165) is 12.1 Å². The first-order chi connectivity index (χ1) is 19.7. The number of fused-ring (bicyclic) bond motifs is 1. The van der Waals surface area contributed by atoms with E-state index in [1.807, 2.05) is 5.92 Å². The van der Waals surface area contributed by atoms with Gasteiger partial charge < -0.3 is 26.4 Å². The minimum Gasteiger partial charge on any atom is -0.493 e. The fraction of sp³-hybridized carbons (Fsp3) is 0.462. The van der Waals surface area contributed by atoms with Crippen LogP contribution in [0, 0.1) is 34.5 Å². The Morgan fingerprint density at radius 1 is 1.20 bits per heavy atom. The van der Waals surface area contributed by atoms with E-state index in [-0.39, 0.29) is 42.9 Å². The van der Waals surface area contributed by atoms with Gasteiger partial charge in [0.1, 0.15) is 23.9 Å². The Kier molecular flexibility index (Phi) is 13.4. The molecule has 1 aromatic carbocycles. The van der Waals surface area contributed by atoms with Crippen LogP contribution in [-0.2, 0) is 24.3 Å². The number of carbonyl (C=O) groups is 4. The summed E-state index contributed by atoms with van der Waals surface area (Å²) in [7, 11) is 0. The summed E-state index contributed by atoms with van der Waals surface area (Å²) in [5, 5.41) is 19.1. The molecule has 15 heteroatoms. The number of nitrogens with zero attached hydrogens (tertiary/aromatic N) is 1. The number of ether oxygens (including phenoxy) is 1. The Hall–Kier alpha value is -4.86. The van der Waals surface area contributed by atoms with Crippen LogP contribution in [0.25, 0.3) is 0 Å². The van der Waals surface area contributed by atoms with Gasteiger partial charge in [0.15, 0.2) is 6.11 Å². The van der Waals surface area contributed by atoms with Crippen molar-refractivity contribution in [2.45, 2.75) is 63.6 Å². The van der Waals surface area contributed by atoms with Crippen LogP contribution in [-0.4, -0.2) is 59.8 Å². The third-order valence-electron chi connectivity index (χ3n) is 5.86. The molecular weight excluding hydrogens is 540 g/mol. The highest BCUT2D eigenvalue weighted by Gasteiger charge is 2.30. The molecule has 0 bridgehead atoms. The Labute approximate surface area is 236 Å². The van der Waals surface area contributed by atoms with Gasteiger partial charge in [-0.2, -0.15) is 5.48 Å². The van der Waals surface area contributed by atoms with Gasteiger partial charge in [0.25, 0.3) is 11.6 Å². The molecule has 2 rings (SSSR count). The molecule has 220 valence electrons. The van der Waals surface area contributed by atoms with Crippen molar-refractivity contribution in [1.82, 2.24) is 21.4 Å². The molecule has 1 aliphatic rings. The summed E-state index contributed by atoms with van der Waals surface area (Å²) in [6.07, 6.45) is 8.77. The van der Waals surface area contributed by atoms with Crippen LogP contribution >= 0.6 is 0 Å². The molecule has 3 atom stereocenters. The number of hydrogen-bond donors (Lipinski definition) is 5. The third-order valence-corrected chi connectivity index (χ3v) is 5.86. The van der Waals surface area contributed by atoms with Gasteiger partial charge in [-0.3, -0.25) is 34.2 Å². The Morgan fingerprint density at radius 2 is 1.93 bits per heavy atom. The molecule has 0 radical (unpaired) electrons. The molecule has 0 saturated heterocycles. The van der Waals surface area contributed by atoms with Gasteiger partial charge in [0, 0.05) is 31.0 Å². The summed E-state index contributed by atoms with van der Waals surface area (Å²) < 4.78 is 5.65. The molecule has 0 saturated carbocycles. The highest BCUT2D eigenvalue weighted by molar-refractivity contribution is 6.01. The lowest BCUT2D eigenvalue weighted by Gasteiger charge is -2.26. The van der Waals surface area contributed by atoms with Gasteiger partial charge in [-0.15, -0.1) is 6.42 Å². The number of nitro groups is 1. The quantitative estimate of drug-likeness (QED) is 0.0783.